The predicted molar refractivity (Wildman–Crippen MR) is 73.6 cm³/mol. The van der Waals surface area contributed by atoms with Crippen molar-refractivity contribution in [1.29, 1.82) is 0 Å². The summed E-state index contributed by atoms with van der Waals surface area (Å²) in [6, 6.07) is 1.08. The zero-order valence-corrected chi connectivity index (χ0v) is 12.0. The Bertz CT molecular complexity index is 402. The molecular formula is C13H22F3N3. The van der Waals surface area contributed by atoms with Crippen LogP contribution in [0.5, 0.6) is 0 Å². The van der Waals surface area contributed by atoms with Gasteiger partial charge in [0, 0.05) is 24.0 Å². The lowest BCUT2D eigenvalue weighted by Crippen LogP contribution is -2.26. The minimum Gasteiger partial charge on any atom is -0.401 e. The highest BCUT2D eigenvalue weighted by Crippen LogP contribution is 2.20. The molecule has 0 bridgehead atoms. The number of hydrazine groups is 1. The van der Waals surface area contributed by atoms with Gasteiger partial charge in [-0.25, -0.2) is 19.0 Å². The highest BCUT2D eigenvalue weighted by Gasteiger charge is 2.12. The molecule has 110 valence electrons. The van der Waals surface area contributed by atoms with Crippen molar-refractivity contribution < 1.29 is 13.2 Å². The number of benzene rings is 1. The minimum atomic E-state index is -1.27. The monoisotopic (exact) mass is 277 g/mol. The lowest BCUT2D eigenvalue weighted by atomic mass is 10.2. The van der Waals surface area contributed by atoms with Crippen molar-refractivity contribution in [1.82, 2.24) is 0 Å². The lowest BCUT2D eigenvalue weighted by molar-refractivity contribution is 0.495. The van der Waals surface area contributed by atoms with Gasteiger partial charge < -0.3 is 5.73 Å². The maximum atomic E-state index is 13.1. The summed E-state index contributed by atoms with van der Waals surface area (Å²) in [7, 11) is 0. The smallest absolute Gasteiger partial charge is 0.161 e. The van der Waals surface area contributed by atoms with E-state index in [0.29, 0.717) is 17.8 Å². The van der Waals surface area contributed by atoms with Gasteiger partial charge in [0.1, 0.15) is 0 Å². The molecule has 0 saturated heterocycles. The molecule has 0 aliphatic rings. The summed E-state index contributed by atoms with van der Waals surface area (Å²) < 4.78 is 38.5. The number of anilines is 1. The van der Waals surface area contributed by atoms with E-state index in [4.69, 9.17) is 11.6 Å². The van der Waals surface area contributed by atoms with Crippen LogP contribution in [0.25, 0.3) is 0 Å². The Labute approximate surface area is 112 Å². The van der Waals surface area contributed by atoms with E-state index in [9.17, 15) is 13.2 Å². The van der Waals surface area contributed by atoms with Crippen LogP contribution >= 0.6 is 0 Å². The standard InChI is InChI=1S/C9H10F3N3.2C2H6/c1-5(13)4-15(14)9-3-7(11)6(10)2-8(9)12;2*1-2/h2-4H,13-14H2,1H3;2*1-2H3/b5-4-;;. The molecule has 0 aliphatic heterocycles. The van der Waals surface area contributed by atoms with Gasteiger partial charge in [0.15, 0.2) is 17.5 Å². The van der Waals surface area contributed by atoms with Gasteiger partial charge in [0.05, 0.1) is 5.69 Å². The molecule has 0 fully saturated rings. The maximum Gasteiger partial charge on any atom is 0.161 e. The number of hydrogen-bond acceptors (Lipinski definition) is 3. The summed E-state index contributed by atoms with van der Waals surface area (Å²) in [6.07, 6.45) is 1.19. The van der Waals surface area contributed by atoms with Crippen LogP contribution in [-0.2, 0) is 0 Å². The van der Waals surface area contributed by atoms with Crippen LogP contribution in [0.3, 0.4) is 0 Å². The second kappa shape index (κ2) is 10.3. The molecule has 6 heteroatoms. The SMILES string of the molecule is C/C(N)=C/N(N)c1cc(F)c(F)cc1F.CC.CC. The molecule has 0 aromatic heterocycles. The molecule has 0 radical (unpaired) electrons. The lowest BCUT2D eigenvalue weighted by Gasteiger charge is -2.15. The number of nitrogens with two attached hydrogens (primary N) is 2. The topological polar surface area (TPSA) is 55.3 Å². The molecule has 0 amide bonds. The molecule has 0 aliphatic carbocycles. The third-order valence-electron chi connectivity index (χ3n) is 1.61. The second-order valence-corrected chi connectivity index (χ2v) is 3.00. The molecule has 0 saturated carbocycles. The van der Waals surface area contributed by atoms with Crippen LogP contribution in [0, 0.1) is 17.5 Å². The molecule has 0 spiro atoms. The first-order valence-electron chi connectivity index (χ1n) is 6.04. The van der Waals surface area contributed by atoms with Crippen LogP contribution in [-0.4, -0.2) is 0 Å². The minimum absolute atomic E-state index is 0.293. The highest BCUT2D eigenvalue weighted by molar-refractivity contribution is 5.49. The van der Waals surface area contributed by atoms with E-state index in [0.717, 1.165) is 5.01 Å². The zero-order chi connectivity index (χ0) is 15.6. The summed E-state index contributed by atoms with van der Waals surface area (Å²) in [6.45, 7) is 9.53. The zero-order valence-electron chi connectivity index (χ0n) is 12.0. The fourth-order valence-corrected chi connectivity index (χ4v) is 0.999. The van der Waals surface area contributed by atoms with Crippen LogP contribution < -0.4 is 16.6 Å². The largest absolute Gasteiger partial charge is 0.401 e. The van der Waals surface area contributed by atoms with E-state index in [1.807, 2.05) is 27.7 Å². The fraction of sp³-hybridized carbons (Fsp3) is 0.385. The molecule has 1 aromatic rings. The first-order valence-corrected chi connectivity index (χ1v) is 6.04. The van der Waals surface area contributed by atoms with Crippen molar-refractivity contribution in [2.75, 3.05) is 5.01 Å². The average molecular weight is 277 g/mol. The van der Waals surface area contributed by atoms with E-state index >= 15 is 0 Å². The van der Waals surface area contributed by atoms with E-state index in [2.05, 4.69) is 0 Å². The fourth-order valence-electron chi connectivity index (χ4n) is 0.999. The van der Waals surface area contributed by atoms with Gasteiger partial charge in [-0.05, 0) is 6.92 Å². The van der Waals surface area contributed by atoms with Crippen LogP contribution in [0.4, 0.5) is 18.9 Å². The highest BCUT2D eigenvalue weighted by atomic mass is 19.2. The number of nitrogens with zero attached hydrogens (tertiary/aromatic N) is 1. The van der Waals surface area contributed by atoms with Crippen molar-refractivity contribution in [2.24, 2.45) is 11.6 Å². The molecule has 1 rings (SSSR count). The van der Waals surface area contributed by atoms with Crippen molar-refractivity contribution in [3.63, 3.8) is 0 Å². The Morgan fingerprint density at radius 1 is 1.00 bits per heavy atom. The predicted octanol–water partition coefficient (Wildman–Crippen LogP) is 3.66. The molecule has 1 aromatic carbocycles. The number of halogens is 3. The number of rotatable bonds is 2. The summed E-state index contributed by atoms with van der Waals surface area (Å²) in [5, 5.41) is 0.785. The van der Waals surface area contributed by atoms with E-state index in [1.165, 1.54) is 13.1 Å². The Kier molecular flexibility index (Phi) is 10.6. The van der Waals surface area contributed by atoms with Crippen molar-refractivity contribution in [3.8, 4) is 0 Å². The van der Waals surface area contributed by atoms with Crippen LogP contribution in [0.1, 0.15) is 34.6 Å². The van der Waals surface area contributed by atoms with Crippen molar-refractivity contribution >= 4 is 5.69 Å². The molecule has 0 atom stereocenters. The average Bonchev–Trinajstić information content (AvgIpc) is 2.37. The summed E-state index contributed by atoms with van der Waals surface area (Å²) in [5.41, 5.74) is 5.31. The molecule has 3 nitrogen and oxygen atoms in total. The van der Waals surface area contributed by atoms with Gasteiger partial charge in [0.2, 0.25) is 0 Å². The van der Waals surface area contributed by atoms with Crippen molar-refractivity contribution in [3.05, 3.63) is 41.5 Å². The van der Waals surface area contributed by atoms with E-state index in [-0.39, 0.29) is 5.69 Å². The van der Waals surface area contributed by atoms with E-state index in [1.54, 1.807) is 0 Å². The van der Waals surface area contributed by atoms with Gasteiger partial charge in [-0.3, -0.25) is 5.01 Å². The quantitative estimate of drug-likeness (QED) is 0.493. The summed E-state index contributed by atoms with van der Waals surface area (Å²) in [5.74, 6) is 1.96. The Balaban J connectivity index is 0. The third kappa shape index (κ3) is 6.71. The number of allylic oxidation sites excluding steroid dienone is 1. The van der Waals surface area contributed by atoms with Gasteiger partial charge in [0.25, 0.3) is 0 Å². The molecule has 4 N–H and O–H groups in total. The first kappa shape index (κ1) is 19.6. The van der Waals surface area contributed by atoms with E-state index < -0.39 is 17.5 Å². The molecule has 0 unspecified atom stereocenters. The summed E-state index contributed by atoms with van der Waals surface area (Å²) >= 11 is 0. The van der Waals surface area contributed by atoms with Crippen molar-refractivity contribution in [2.45, 2.75) is 34.6 Å². The third-order valence-corrected chi connectivity index (χ3v) is 1.61. The Morgan fingerprint density at radius 2 is 1.42 bits per heavy atom. The van der Waals surface area contributed by atoms with Crippen LogP contribution in [0.2, 0.25) is 0 Å². The number of hydrogen-bond donors (Lipinski definition) is 2. The van der Waals surface area contributed by atoms with Gasteiger partial charge in [-0.15, -0.1) is 0 Å². The van der Waals surface area contributed by atoms with Crippen LogP contribution in [0.15, 0.2) is 24.0 Å². The second-order valence-electron chi connectivity index (χ2n) is 3.00. The Hall–Kier alpha value is -1.69. The van der Waals surface area contributed by atoms with Gasteiger partial charge in [-0.1, -0.05) is 27.7 Å². The molecule has 0 heterocycles. The first-order chi connectivity index (χ1) is 8.91. The molecule has 19 heavy (non-hydrogen) atoms. The summed E-state index contributed by atoms with van der Waals surface area (Å²) in [4.78, 5) is 0. The normalized spacial score (nSPS) is 9.84. The maximum absolute atomic E-state index is 13.1. The molecular weight excluding hydrogens is 255 g/mol. The van der Waals surface area contributed by atoms with Gasteiger partial charge in [-0.2, -0.15) is 0 Å². The van der Waals surface area contributed by atoms with Gasteiger partial charge >= 0.3 is 0 Å². The Morgan fingerprint density at radius 3 is 1.84 bits per heavy atom.